The molecular formula is C25H23F3N6O4S. The Morgan fingerprint density at radius 1 is 1.05 bits per heavy atom. The summed E-state index contributed by atoms with van der Waals surface area (Å²) in [6.07, 6.45) is -0.846. The molecule has 3 aromatic heterocycles. The van der Waals surface area contributed by atoms with Gasteiger partial charge in [0.05, 0.1) is 22.7 Å². The molecule has 0 aliphatic heterocycles. The van der Waals surface area contributed by atoms with E-state index in [4.69, 9.17) is 5.73 Å². The Labute approximate surface area is 221 Å². The van der Waals surface area contributed by atoms with Gasteiger partial charge in [0.2, 0.25) is 9.84 Å². The van der Waals surface area contributed by atoms with Gasteiger partial charge >= 0.3 is 12.1 Å². The average molecular weight is 561 g/mol. The molecule has 0 amide bonds. The van der Waals surface area contributed by atoms with E-state index in [-0.39, 0.29) is 22.8 Å². The number of aliphatic carboxylic acids is 1. The molecule has 0 fully saturated rings. The van der Waals surface area contributed by atoms with Gasteiger partial charge in [-0.3, -0.25) is 4.98 Å². The van der Waals surface area contributed by atoms with Gasteiger partial charge in [-0.25, -0.2) is 22.9 Å². The third kappa shape index (κ3) is 6.23. The molecule has 204 valence electrons. The zero-order valence-electron chi connectivity index (χ0n) is 20.2. The van der Waals surface area contributed by atoms with Crippen LogP contribution in [0.5, 0.6) is 0 Å². The lowest BCUT2D eigenvalue weighted by atomic mass is 10.0. The number of nitrogens with two attached hydrogens (primary N) is 1. The van der Waals surface area contributed by atoms with Crippen LogP contribution in [0, 0.1) is 0 Å². The van der Waals surface area contributed by atoms with Crippen molar-refractivity contribution in [3.63, 3.8) is 0 Å². The molecule has 1 aromatic carbocycles. The highest BCUT2D eigenvalue weighted by Gasteiger charge is 2.45. The highest BCUT2D eigenvalue weighted by Crippen LogP contribution is 2.34. The van der Waals surface area contributed by atoms with Crippen molar-refractivity contribution in [1.29, 1.82) is 0 Å². The lowest BCUT2D eigenvalue weighted by molar-refractivity contribution is -0.154. The number of pyridine rings is 2. The van der Waals surface area contributed by atoms with Crippen molar-refractivity contribution in [3.8, 4) is 5.69 Å². The molecule has 0 radical (unpaired) electrons. The molecule has 0 saturated carbocycles. The van der Waals surface area contributed by atoms with E-state index in [0.717, 1.165) is 11.9 Å². The number of carbonyl (C=O) groups is 1. The fraction of sp³-hybridized carbons (Fsp3) is 0.200. The van der Waals surface area contributed by atoms with Gasteiger partial charge in [-0.15, -0.1) is 0 Å². The maximum absolute atomic E-state index is 13.9. The number of rotatable bonds is 10. The summed E-state index contributed by atoms with van der Waals surface area (Å²) in [6.45, 7) is 0. The largest absolute Gasteiger partial charge is 0.480 e. The Morgan fingerprint density at radius 2 is 1.79 bits per heavy atom. The minimum absolute atomic E-state index is 0.193. The van der Waals surface area contributed by atoms with Gasteiger partial charge in [-0.2, -0.15) is 18.3 Å². The monoisotopic (exact) mass is 560 g/mol. The fourth-order valence-corrected chi connectivity index (χ4v) is 5.52. The van der Waals surface area contributed by atoms with Gasteiger partial charge in [0, 0.05) is 31.2 Å². The summed E-state index contributed by atoms with van der Waals surface area (Å²) in [7, 11) is -4.38. The van der Waals surface area contributed by atoms with E-state index < -0.39 is 39.3 Å². The Balaban J connectivity index is 1.75. The van der Waals surface area contributed by atoms with Crippen LogP contribution in [0.3, 0.4) is 0 Å². The van der Waals surface area contributed by atoms with E-state index in [0.29, 0.717) is 5.56 Å². The third-order valence-electron chi connectivity index (χ3n) is 5.83. The number of hydrogen-bond acceptors (Lipinski definition) is 8. The number of benzene rings is 1. The fourth-order valence-electron chi connectivity index (χ4n) is 3.89. The number of aromatic nitrogens is 4. The van der Waals surface area contributed by atoms with Crippen LogP contribution in [0.25, 0.3) is 5.69 Å². The van der Waals surface area contributed by atoms with E-state index in [1.54, 1.807) is 47.4 Å². The molecule has 39 heavy (non-hydrogen) atoms. The molecule has 0 aliphatic rings. The number of nitrogens with zero attached hydrogens (tertiary/aromatic N) is 4. The van der Waals surface area contributed by atoms with E-state index in [1.807, 2.05) is 0 Å². The Bertz CT molecular complexity index is 1530. The number of halogens is 3. The molecular weight excluding hydrogens is 537 g/mol. The molecule has 10 nitrogen and oxygen atoms in total. The standard InChI is InChI=1S/C25H23F3N6O4S/c26-25(27,28)15-20(23(35)36)32-22-6-1-5-21(33-22)24(29,39(37,38)19-4-2-11-30-16-19)14-17-7-9-18(10-8-17)34-13-3-12-31-34/h1-13,16,20H,14-15,29H2,(H,32,33)(H,35,36). The van der Waals surface area contributed by atoms with Crippen LogP contribution in [0.15, 0.2) is 90.3 Å². The van der Waals surface area contributed by atoms with Crippen LogP contribution < -0.4 is 11.1 Å². The van der Waals surface area contributed by atoms with Crippen LogP contribution >= 0.6 is 0 Å². The van der Waals surface area contributed by atoms with E-state index >= 15 is 0 Å². The first-order valence-corrected chi connectivity index (χ1v) is 12.9. The highest BCUT2D eigenvalue weighted by atomic mass is 32.2. The summed E-state index contributed by atoms with van der Waals surface area (Å²) in [4.78, 5) is 17.1. The van der Waals surface area contributed by atoms with Crippen LogP contribution in [0.2, 0.25) is 0 Å². The lowest BCUT2D eigenvalue weighted by Crippen LogP contribution is -2.47. The summed E-state index contributed by atoms with van der Waals surface area (Å²) in [5.74, 6) is -2.03. The first kappa shape index (κ1) is 27.7. The molecule has 4 aromatic rings. The smallest absolute Gasteiger partial charge is 0.391 e. The first-order chi connectivity index (χ1) is 18.4. The molecule has 0 spiro atoms. The number of carboxylic acid groups (broad SMARTS) is 1. The summed E-state index contributed by atoms with van der Waals surface area (Å²) in [5.41, 5.74) is 7.66. The molecule has 3 heterocycles. The SMILES string of the molecule is NC(Cc1ccc(-n2cccn2)cc1)(c1cccc(NC(CC(F)(F)F)C(=O)O)n1)S(=O)(=O)c1cccnc1. The number of nitrogens with one attached hydrogen (secondary N) is 1. The van der Waals surface area contributed by atoms with E-state index in [9.17, 15) is 31.5 Å². The van der Waals surface area contributed by atoms with Gasteiger partial charge < -0.3 is 16.2 Å². The molecule has 2 unspecified atom stereocenters. The summed E-state index contributed by atoms with van der Waals surface area (Å²) < 4.78 is 68.1. The molecule has 4 N–H and O–H groups in total. The number of carboxylic acids is 1. The topological polar surface area (TPSA) is 153 Å². The summed E-state index contributed by atoms with van der Waals surface area (Å²) in [5, 5.41) is 15.6. The molecule has 2 atom stereocenters. The van der Waals surface area contributed by atoms with Crippen LogP contribution in [-0.4, -0.2) is 51.5 Å². The van der Waals surface area contributed by atoms with Gasteiger partial charge in [0.15, 0.2) is 4.87 Å². The van der Waals surface area contributed by atoms with Gasteiger partial charge in [0.25, 0.3) is 0 Å². The third-order valence-corrected chi connectivity index (χ3v) is 8.01. The summed E-state index contributed by atoms with van der Waals surface area (Å²) >= 11 is 0. The molecule has 14 heteroatoms. The minimum atomic E-state index is -4.77. The van der Waals surface area contributed by atoms with Crippen molar-refractivity contribution in [1.82, 2.24) is 19.7 Å². The van der Waals surface area contributed by atoms with Crippen molar-refractivity contribution in [2.45, 2.75) is 34.8 Å². The lowest BCUT2D eigenvalue weighted by Gasteiger charge is -2.29. The van der Waals surface area contributed by atoms with E-state index in [1.165, 1.54) is 36.5 Å². The predicted molar refractivity (Wildman–Crippen MR) is 135 cm³/mol. The van der Waals surface area contributed by atoms with Crippen molar-refractivity contribution < 1.29 is 31.5 Å². The number of alkyl halides is 3. The van der Waals surface area contributed by atoms with Crippen LogP contribution in [0.1, 0.15) is 17.7 Å². The van der Waals surface area contributed by atoms with Crippen molar-refractivity contribution in [2.24, 2.45) is 5.73 Å². The second-order valence-corrected chi connectivity index (χ2v) is 10.8. The van der Waals surface area contributed by atoms with Crippen molar-refractivity contribution >= 4 is 21.6 Å². The zero-order chi connectivity index (χ0) is 28.3. The van der Waals surface area contributed by atoms with Crippen LogP contribution in [-0.2, 0) is 25.9 Å². The number of sulfone groups is 1. The predicted octanol–water partition coefficient (Wildman–Crippen LogP) is 3.31. The quantitative estimate of drug-likeness (QED) is 0.265. The van der Waals surface area contributed by atoms with Crippen molar-refractivity contribution in [2.75, 3.05) is 5.32 Å². The average Bonchev–Trinajstić information content (AvgIpc) is 3.43. The van der Waals surface area contributed by atoms with Crippen molar-refractivity contribution in [3.05, 3.63) is 96.7 Å². The Kier molecular flexibility index (Phi) is 7.70. The highest BCUT2D eigenvalue weighted by molar-refractivity contribution is 7.92. The maximum Gasteiger partial charge on any atom is 0.391 e. The number of anilines is 1. The maximum atomic E-state index is 13.9. The van der Waals surface area contributed by atoms with E-state index in [2.05, 4.69) is 20.4 Å². The zero-order valence-corrected chi connectivity index (χ0v) is 21.0. The van der Waals surface area contributed by atoms with Gasteiger partial charge in [-0.05, 0) is 48.0 Å². The Hall–Kier alpha value is -4.30. The Morgan fingerprint density at radius 3 is 2.38 bits per heavy atom. The molecule has 0 aliphatic carbocycles. The van der Waals surface area contributed by atoms with Gasteiger partial charge in [-0.1, -0.05) is 18.2 Å². The summed E-state index contributed by atoms with van der Waals surface area (Å²) in [6, 6.07) is 13.1. The van der Waals surface area contributed by atoms with Gasteiger partial charge in [0.1, 0.15) is 11.9 Å². The number of hydrogen-bond donors (Lipinski definition) is 3. The second-order valence-electron chi connectivity index (χ2n) is 8.64. The van der Waals surface area contributed by atoms with Crippen LogP contribution in [0.4, 0.5) is 19.0 Å². The molecule has 0 saturated heterocycles. The second kappa shape index (κ2) is 10.8. The minimum Gasteiger partial charge on any atom is -0.480 e. The molecule has 0 bridgehead atoms. The molecule has 4 rings (SSSR count). The normalized spacial score (nSPS) is 14.4. The first-order valence-electron chi connectivity index (χ1n) is 11.5.